The van der Waals surface area contributed by atoms with E-state index in [0.717, 1.165) is 12.8 Å². The Morgan fingerprint density at radius 2 is 2.06 bits per heavy atom. The summed E-state index contributed by atoms with van der Waals surface area (Å²) in [5.74, 6) is 1.04. The molecule has 17 heavy (non-hydrogen) atoms. The zero-order valence-electron chi connectivity index (χ0n) is 10.4. The molecule has 0 spiro atoms. The van der Waals surface area contributed by atoms with E-state index in [-0.39, 0.29) is 0 Å². The van der Waals surface area contributed by atoms with Gasteiger partial charge in [0.15, 0.2) is 0 Å². The van der Waals surface area contributed by atoms with E-state index in [1.807, 2.05) is 10.8 Å². The number of rotatable bonds is 4. The molecule has 0 aromatic carbocycles. The third-order valence-corrected chi connectivity index (χ3v) is 3.57. The number of aliphatic hydroxyl groups excluding tert-OH is 2. The molecule has 0 saturated heterocycles. The molecule has 4 nitrogen and oxygen atoms in total. The summed E-state index contributed by atoms with van der Waals surface area (Å²) in [5.41, 5.74) is 0. The van der Waals surface area contributed by atoms with E-state index in [0.29, 0.717) is 18.3 Å². The average molecular weight is 238 g/mol. The van der Waals surface area contributed by atoms with Crippen molar-refractivity contribution in [1.82, 2.24) is 9.55 Å². The van der Waals surface area contributed by atoms with Crippen molar-refractivity contribution in [3.05, 3.63) is 18.2 Å². The van der Waals surface area contributed by atoms with Crippen molar-refractivity contribution >= 4 is 0 Å². The van der Waals surface area contributed by atoms with Crippen LogP contribution in [0.5, 0.6) is 0 Å². The maximum absolute atomic E-state index is 10.4. The first kappa shape index (κ1) is 12.6. The summed E-state index contributed by atoms with van der Waals surface area (Å²) in [5, 5.41) is 19.8. The second-order valence-electron chi connectivity index (χ2n) is 5.13. The number of aromatic nitrogens is 2. The molecule has 0 aliphatic heterocycles. The van der Waals surface area contributed by atoms with E-state index in [9.17, 15) is 10.2 Å². The monoisotopic (exact) mass is 238 g/mol. The quantitative estimate of drug-likeness (QED) is 0.842. The van der Waals surface area contributed by atoms with E-state index in [1.165, 1.54) is 19.3 Å². The Balaban J connectivity index is 2.07. The summed E-state index contributed by atoms with van der Waals surface area (Å²) < 4.78 is 1.87. The fourth-order valence-corrected chi connectivity index (χ4v) is 2.69. The molecule has 1 aromatic heterocycles. The summed E-state index contributed by atoms with van der Waals surface area (Å²) in [4.78, 5) is 4.25. The lowest BCUT2D eigenvalue weighted by molar-refractivity contribution is 0.0708. The average Bonchev–Trinajstić information content (AvgIpc) is 2.76. The summed E-state index contributed by atoms with van der Waals surface area (Å²) in [7, 11) is 0. The Morgan fingerprint density at radius 1 is 1.35 bits per heavy atom. The largest absolute Gasteiger partial charge is 0.392 e. The molecule has 0 amide bonds. The van der Waals surface area contributed by atoms with Gasteiger partial charge in [-0.2, -0.15) is 0 Å². The molecule has 1 fully saturated rings. The Hall–Kier alpha value is -0.870. The highest BCUT2D eigenvalue weighted by molar-refractivity contribution is 4.99. The van der Waals surface area contributed by atoms with Crippen LogP contribution < -0.4 is 0 Å². The zero-order valence-corrected chi connectivity index (χ0v) is 10.4. The van der Waals surface area contributed by atoms with E-state index >= 15 is 0 Å². The van der Waals surface area contributed by atoms with E-state index in [1.54, 1.807) is 13.1 Å². The molecule has 1 saturated carbocycles. The number of hydrogen-bond donors (Lipinski definition) is 2. The highest BCUT2D eigenvalue weighted by atomic mass is 16.3. The van der Waals surface area contributed by atoms with Gasteiger partial charge in [-0.25, -0.2) is 4.98 Å². The van der Waals surface area contributed by atoms with Gasteiger partial charge in [-0.05, 0) is 25.7 Å². The molecule has 0 bridgehead atoms. The predicted molar refractivity (Wildman–Crippen MR) is 65.4 cm³/mol. The Morgan fingerprint density at radius 3 is 2.71 bits per heavy atom. The van der Waals surface area contributed by atoms with E-state index in [4.69, 9.17) is 0 Å². The molecule has 2 rings (SSSR count). The molecule has 96 valence electrons. The van der Waals surface area contributed by atoms with Crippen molar-refractivity contribution < 1.29 is 10.2 Å². The fourth-order valence-electron chi connectivity index (χ4n) is 2.69. The third kappa shape index (κ3) is 3.07. The van der Waals surface area contributed by atoms with Gasteiger partial charge in [0.25, 0.3) is 0 Å². The van der Waals surface area contributed by atoms with E-state index in [2.05, 4.69) is 4.98 Å². The third-order valence-electron chi connectivity index (χ3n) is 3.57. The van der Waals surface area contributed by atoms with Gasteiger partial charge in [-0.1, -0.05) is 19.3 Å². The molecule has 4 heteroatoms. The van der Waals surface area contributed by atoms with Crippen LogP contribution in [0.2, 0.25) is 0 Å². The second-order valence-corrected chi connectivity index (χ2v) is 5.13. The Labute approximate surface area is 102 Å². The second kappa shape index (κ2) is 5.65. The molecule has 1 aliphatic carbocycles. The highest BCUT2D eigenvalue weighted by Gasteiger charge is 2.26. The van der Waals surface area contributed by atoms with Gasteiger partial charge in [0, 0.05) is 18.9 Å². The lowest BCUT2D eigenvalue weighted by Gasteiger charge is -2.26. The molecule has 0 radical (unpaired) electrons. The summed E-state index contributed by atoms with van der Waals surface area (Å²) >= 11 is 0. The number of hydrogen-bond acceptors (Lipinski definition) is 3. The first-order valence-corrected chi connectivity index (χ1v) is 6.55. The Bertz CT molecular complexity index is 343. The molecule has 2 atom stereocenters. The van der Waals surface area contributed by atoms with Gasteiger partial charge < -0.3 is 14.8 Å². The molecule has 2 N–H and O–H groups in total. The van der Waals surface area contributed by atoms with Crippen LogP contribution in [0.4, 0.5) is 0 Å². The van der Waals surface area contributed by atoms with Crippen LogP contribution in [0.15, 0.2) is 12.4 Å². The topological polar surface area (TPSA) is 58.3 Å². The van der Waals surface area contributed by atoms with E-state index < -0.39 is 12.2 Å². The first-order chi connectivity index (χ1) is 8.18. The number of imidazole rings is 1. The van der Waals surface area contributed by atoms with Gasteiger partial charge in [-0.15, -0.1) is 0 Å². The summed E-state index contributed by atoms with van der Waals surface area (Å²) in [6.45, 7) is 2.25. The molecular formula is C13H22N2O2. The molecule has 1 aliphatic rings. The van der Waals surface area contributed by atoms with Crippen molar-refractivity contribution in [3.63, 3.8) is 0 Å². The fraction of sp³-hybridized carbons (Fsp3) is 0.769. The van der Waals surface area contributed by atoms with Gasteiger partial charge in [0.2, 0.25) is 0 Å². The van der Waals surface area contributed by atoms with Crippen LogP contribution in [-0.4, -0.2) is 25.9 Å². The van der Waals surface area contributed by atoms with Crippen LogP contribution in [0, 0.1) is 5.92 Å². The van der Waals surface area contributed by atoms with Crippen LogP contribution >= 0.6 is 0 Å². The van der Waals surface area contributed by atoms with Gasteiger partial charge in [0.05, 0.1) is 6.10 Å². The maximum atomic E-state index is 10.4. The van der Waals surface area contributed by atoms with Gasteiger partial charge >= 0.3 is 0 Å². The normalized spacial score (nSPS) is 21.4. The molecule has 1 unspecified atom stereocenters. The number of aliphatic hydroxyl groups is 2. The molecule has 1 aromatic rings. The molecule has 1 heterocycles. The molecular weight excluding hydrogens is 216 g/mol. The zero-order chi connectivity index (χ0) is 12.3. The number of nitrogens with zero attached hydrogens (tertiary/aromatic N) is 2. The van der Waals surface area contributed by atoms with Crippen molar-refractivity contribution in [2.45, 2.75) is 57.8 Å². The minimum absolute atomic E-state index is 0.332. The van der Waals surface area contributed by atoms with Crippen molar-refractivity contribution in [3.8, 4) is 0 Å². The predicted octanol–water partition coefficient (Wildman–Crippen LogP) is 1.88. The van der Waals surface area contributed by atoms with Crippen LogP contribution in [0.25, 0.3) is 0 Å². The standard InChI is InChI=1S/C13H22N2O2/c1-10(16)9-15-8-7-14-13(15)12(17)11-5-3-2-4-6-11/h7-8,10-12,16-17H,2-6,9H2,1H3/t10-,12?/m0/s1. The van der Waals surface area contributed by atoms with Crippen molar-refractivity contribution in [2.24, 2.45) is 5.92 Å². The first-order valence-electron chi connectivity index (χ1n) is 6.55. The smallest absolute Gasteiger partial charge is 0.137 e. The van der Waals surface area contributed by atoms with Gasteiger partial charge in [0.1, 0.15) is 11.9 Å². The van der Waals surface area contributed by atoms with Crippen LogP contribution in [-0.2, 0) is 6.54 Å². The maximum Gasteiger partial charge on any atom is 0.137 e. The van der Waals surface area contributed by atoms with Crippen molar-refractivity contribution in [1.29, 1.82) is 0 Å². The summed E-state index contributed by atoms with van der Waals surface area (Å²) in [6.07, 6.45) is 8.50. The minimum Gasteiger partial charge on any atom is -0.392 e. The minimum atomic E-state index is -0.482. The SMILES string of the molecule is C[C@H](O)Cn1ccnc1C(O)C1CCCCC1. The lowest BCUT2D eigenvalue weighted by Crippen LogP contribution is -2.22. The summed E-state index contributed by atoms with van der Waals surface area (Å²) in [6, 6.07) is 0. The van der Waals surface area contributed by atoms with Crippen LogP contribution in [0.3, 0.4) is 0 Å². The highest BCUT2D eigenvalue weighted by Crippen LogP contribution is 2.33. The van der Waals surface area contributed by atoms with Crippen LogP contribution in [0.1, 0.15) is 51.0 Å². The van der Waals surface area contributed by atoms with Gasteiger partial charge in [-0.3, -0.25) is 0 Å². The lowest BCUT2D eigenvalue weighted by atomic mass is 9.85. The Kier molecular flexibility index (Phi) is 4.18. The van der Waals surface area contributed by atoms with Crippen molar-refractivity contribution in [2.75, 3.05) is 0 Å².